The van der Waals surface area contributed by atoms with Crippen LogP contribution < -0.4 is 10.2 Å². The highest BCUT2D eigenvalue weighted by atomic mass is 32.2. The monoisotopic (exact) mass is 404 g/mol. The molecule has 1 aliphatic rings. The van der Waals surface area contributed by atoms with E-state index in [0.29, 0.717) is 18.4 Å². The van der Waals surface area contributed by atoms with Gasteiger partial charge in [-0.2, -0.15) is 4.98 Å². The summed E-state index contributed by atoms with van der Waals surface area (Å²) in [6.45, 7) is 6.32. The van der Waals surface area contributed by atoms with E-state index >= 15 is 0 Å². The van der Waals surface area contributed by atoms with Gasteiger partial charge in [-0.05, 0) is 36.6 Å². The molecular formula is C19H24N4O4S. The molecule has 28 heavy (non-hydrogen) atoms. The Morgan fingerprint density at radius 1 is 1.18 bits per heavy atom. The number of nitrogens with zero attached hydrogens (tertiary/aromatic N) is 3. The highest BCUT2D eigenvalue weighted by Crippen LogP contribution is 2.26. The number of hydrogen-bond donors (Lipinski definition) is 1. The van der Waals surface area contributed by atoms with E-state index in [9.17, 15) is 13.2 Å². The third kappa shape index (κ3) is 4.24. The first-order valence-corrected chi connectivity index (χ1v) is 10.9. The molecule has 1 aliphatic heterocycles. The fourth-order valence-corrected chi connectivity index (χ4v) is 3.65. The topological polar surface area (TPSA) is 101 Å². The molecule has 1 aromatic carbocycles. The minimum Gasteiger partial charge on any atom is -0.447 e. The summed E-state index contributed by atoms with van der Waals surface area (Å²) in [6.07, 6.45) is 2.36. The molecule has 0 aliphatic carbocycles. The van der Waals surface area contributed by atoms with Crippen molar-refractivity contribution in [1.82, 2.24) is 9.97 Å². The SMILES string of the molecule is CC(C)[C@H]1COC(=O)N1c1ccnc(N[C@@H](C)c2ccc(S(C)(=O)=O)cc2)n1. The van der Waals surface area contributed by atoms with Crippen LogP contribution in [-0.2, 0) is 14.6 Å². The number of anilines is 2. The lowest BCUT2D eigenvalue weighted by atomic mass is 10.0. The number of benzene rings is 1. The van der Waals surface area contributed by atoms with Crippen molar-refractivity contribution in [2.24, 2.45) is 5.92 Å². The zero-order valence-electron chi connectivity index (χ0n) is 16.3. The normalized spacial score (nSPS) is 18.2. The molecule has 1 saturated heterocycles. The van der Waals surface area contributed by atoms with E-state index in [1.807, 2.05) is 20.8 Å². The number of hydrogen-bond acceptors (Lipinski definition) is 7. The fourth-order valence-electron chi connectivity index (χ4n) is 3.02. The number of nitrogens with one attached hydrogen (secondary N) is 1. The van der Waals surface area contributed by atoms with Crippen LogP contribution in [0.1, 0.15) is 32.4 Å². The zero-order valence-corrected chi connectivity index (χ0v) is 17.1. The van der Waals surface area contributed by atoms with Crippen LogP contribution in [0.2, 0.25) is 0 Å². The highest BCUT2D eigenvalue weighted by Gasteiger charge is 2.37. The molecule has 1 amide bonds. The van der Waals surface area contributed by atoms with Crippen LogP contribution in [0.4, 0.5) is 16.6 Å². The minimum absolute atomic E-state index is 0.0730. The van der Waals surface area contributed by atoms with Crippen molar-refractivity contribution in [3.63, 3.8) is 0 Å². The number of rotatable bonds is 6. The Morgan fingerprint density at radius 3 is 2.46 bits per heavy atom. The van der Waals surface area contributed by atoms with Crippen molar-refractivity contribution in [2.45, 2.75) is 37.8 Å². The second-order valence-electron chi connectivity index (χ2n) is 7.20. The van der Waals surface area contributed by atoms with Gasteiger partial charge in [0.15, 0.2) is 9.84 Å². The summed E-state index contributed by atoms with van der Waals surface area (Å²) < 4.78 is 28.4. The van der Waals surface area contributed by atoms with Gasteiger partial charge in [0.05, 0.1) is 17.0 Å². The quantitative estimate of drug-likeness (QED) is 0.789. The summed E-state index contributed by atoms with van der Waals surface area (Å²) >= 11 is 0. The largest absolute Gasteiger partial charge is 0.447 e. The number of ether oxygens (including phenoxy) is 1. The average Bonchev–Trinajstić information content (AvgIpc) is 3.03. The second-order valence-corrected chi connectivity index (χ2v) is 9.22. The first-order chi connectivity index (χ1) is 13.2. The van der Waals surface area contributed by atoms with Crippen LogP contribution in [0.15, 0.2) is 41.4 Å². The first kappa shape index (κ1) is 20.1. The van der Waals surface area contributed by atoms with Crippen LogP contribution in [0.5, 0.6) is 0 Å². The number of carbonyl (C=O) groups is 1. The number of amides is 1. The smallest absolute Gasteiger partial charge is 0.415 e. The van der Waals surface area contributed by atoms with Gasteiger partial charge in [0.25, 0.3) is 0 Å². The van der Waals surface area contributed by atoms with Gasteiger partial charge in [-0.25, -0.2) is 18.2 Å². The van der Waals surface area contributed by atoms with Crippen LogP contribution in [0, 0.1) is 5.92 Å². The Morgan fingerprint density at radius 2 is 1.86 bits per heavy atom. The first-order valence-electron chi connectivity index (χ1n) is 9.02. The molecule has 1 aromatic heterocycles. The van der Waals surface area contributed by atoms with Gasteiger partial charge >= 0.3 is 6.09 Å². The molecule has 0 unspecified atom stereocenters. The van der Waals surface area contributed by atoms with Crippen LogP contribution in [0.25, 0.3) is 0 Å². The molecule has 150 valence electrons. The summed E-state index contributed by atoms with van der Waals surface area (Å²) in [6, 6.07) is 8.11. The van der Waals surface area contributed by atoms with Gasteiger partial charge in [-0.3, -0.25) is 4.90 Å². The van der Waals surface area contributed by atoms with Gasteiger partial charge in [0, 0.05) is 12.5 Å². The van der Waals surface area contributed by atoms with E-state index in [2.05, 4.69) is 15.3 Å². The molecule has 3 rings (SSSR count). The van der Waals surface area contributed by atoms with Crippen molar-refractivity contribution in [2.75, 3.05) is 23.1 Å². The molecule has 0 bridgehead atoms. The number of sulfone groups is 1. The summed E-state index contributed by atoms with van der Waals surface area (Å²) in [5, 5.41) is 3.19. The second kappa shape index (κ2) is 7.75. The summed E-state index contributed by atoms with van der Waals surface area (Å²) in [7, 11) is -3.23. The molecule has 2 atom stereocenters. The van der Waals surface area contributed by atoms with E-state index in [1.165, 1.54) is 6.26 Å². The average molecular weight is 404 g/mol. The van der Waals surface area contributed by atoms with E-state index in [4.69, 9.17) is 4.74 Å². The Kier molecular flexibility index (Phi) is 5.55. The number of cyclic esters (lactones) is 1. The Labute approximate surface area is 164 Å². The van der Waals surface area contributed by atoms with Crippen molar-refractivity contribution in [3.8, 4) is 0 Å². The van der Waals surface area contributed by atoms with Crippen LogP contribution >= 0.6 is 0 Å². The predicted octanol–water partition coefficient (Wildman–Crippen LogP) is 3.03. The molecule has 0 spiro atoms. The van der Waals surface area contributed by atoms with Crippen LogP contribution in [-0.4, -0.2) is 43.4 Å². The lowest BCUT2D eigenvalue weighted by Gasteiger charge is -2.23. The lowest BCUT2D eigenvalue weighted by molar-refractivity contribution is 0.177. The third-order valence-corrected chi connectivity index (χ3v) is 5.85. The Balaban J connectivity index is 1.78. The Bertz CT molecular complexity index is 960. The van der Waals surface area contributed by atoms with Gasteiger partial charge < -0.3 is 10.1 Å². The predicted molar refractivity (Wildman–Crippen MR) is 106 cm³/mol. The fraction of sp³-hybridized carbons (Fsp3) is 0.421. The Hall–Kier alpha value is -2.68. The van der Waals surface area contributed by atoms with E-state index < -0.39 is 15.9 Å². The van der Waals surface area contributed by atoms with E-state index in [-0.39, 0.29) is 22.9 Å². The molecule has 2 heterocycles. The van der Waals surface area contributed by atoms with Crippen LogP contribution in [0.3, 0.4) is 0 Å². The van der Waals surface area contributed by atoms with E-state index in [0.717, 1.165) is 5.56 Å². The highest BCUT2D eigenvalue weighted by molar-refractivity contribution is 7.90. The third-order valence-electron chi connectivity index (χ3n) is 4.72. The summed E-state index contributed by atoms with van der Waals surface area (Å²) in [4.78, 5) is 22.7. The van der Waals surface area contributed by atoms with Gasteiger partial charge in [0.2, 0.25) is 5.95 Å². The minimum atomic E-state index is -3.23. The molecule has 1 fully saturated rings. The van der Waals surface area contributed by atoms with Gasteiger partial charge in [-0.15, -0.1) is 0 Å². The summed E-state index contributed by atoms with van der Waals surface area (Å²) in [5.41, 5.74) is 0.891. The molecule has 8 nitrogen and oxygen atoms in total. The van der Waals surface area contributed by atoms with Gasteiger partial charge in [0.1, 0.15) is 12.4 Å². The van der Waals surface area contributed by atoms with Crippen molar-refractivity contribution in [3.05, 3.63) is 42.1 Å². The molecule has 0 radical (unpaired) electrons. The molecule has 9 heteroatoms. The van der Waals surface area contributed by atoms with Crippen molar-refractivity contribution < 1.29 is 17.9 Å². The number of aromatic nitrogens is 2. The molecular weight excluding hydrogens is 380 g/mol. The maximum atomic E-state index is 12.1. The zero-order chi connectivity index (χ0) is 20.5. The molecule has 2 aromatic rings. The summed E-state index contributed by atoms with van der Waals surface area (Å²) in [5.74, 6) is 1.09. The number of carbonyl (C=O) groups excluding carboxylic acids is 1. The maximum Gasteiger partial charge on any atom is 0.415 e. The molecule has 1 N–H and O–H groups in total. The maximum absolute atomic E-state index is 12.1. The van der Waals surface area contributed by atoms with Crippen molar-refractivity contribution in [1.29, 1.82) is 0 Å². The van der Waals surface area contributed by atoms with E-state index in [1.54, 1.807) is 41.4 Å². The lowest BCUT2D eigenvalue weighted by Crippen LogP contribution is -2.37. The van der Waals surface area contributed by atoms with Gasteiger partial charge in [-0.1, -0.05) is 26.0 Å². The standard InChI is InChI=1S/C19H24N4O4S/c1-12(2)16-11-27-19(24)23(16)17-9-10-20-18(22-17)21-13(3)14-5-7-15(8-6-14)28(4,25)26/h5-10,12-13,16H,11H2,1-4H3,(H,20,21,22)/t13-,16+/m0/s1. The molecule has 0 saturated carbocycles. The van der Waals surface area contributed by atoms with Crippen molar-refractivity contribution >= 4 is 27.7 Å².